The van der Waals surface area contributed by atoms with E-state index < -0.39 is 22.5 Å². The number of aliphatic hydroxyl groups excluding tert-OH is 1. The van der Waals surface area contributed by atoms with Gasteiger partial charge in [0.2, 0.25) is 5.82 Å². The van der Waals surface area contributed by atoms with Crippen molar-refractivity contribution in [2.45, 2.75) is 19.4 Å². The lowest BCUT2D eigenvalue weighted by molar-refractivity contribution is -0.387. The molecule has 0 spiro atoms. The van der Waals surface area contributed by atoms with Crippen LogP contribution < -0.4 is 4.74 Å². The minimum Gasteiger partial charge on any atom is -0.457 e. The van der Waals surface area contributed by atoms with Crippen molar-refractivity contribution in [2.24, 2.45) is 0 Å². The van der Waals surface area contributed by atoms with Gasteiger partial charge in [0.25, 0.3) is 0 Å². The quantitative estimate of drug-likeness (QED) is 0.668. The number of halogens is 1. The van der Waals surface area contributed by atoms with Gasteiger partial charge in [-0.25, -0.2) is 0 Å². The molecule has 2 rings (SSSR count). The van der Waals surface area contributed by atoms with Gasteiger partial charge >= 0.3 is 5.69 Å². The highest BCUT2D eigenvalue weighted by Gasteiger charge is 2.14. The summed E-state index contributed by atoms with van der Waals surface area (Å²) < 4.78 is 18.9. The Kier molecular flexibility index (Phi) is 4.49. The molecule has 0 amide bonds. The first-order valence-electron chi connectivity index (χ1n) is 6.41. The maximum absolute atomic E-state index is 13.5. The second-order valence-corrected chi connectivity index (χ2v) is 4.47. The van der Waals surface area contributed by atoms with Crippen LogP contribution in [0.5, 0.6) is 11.5 Å². The van der Waals surface area contributed by atoms with Gasteiger partial charge in [0, 0.05) is 12.1 Å². The third-order valence-electron chi connectivity index (χ3n) is 3.00. The van der Waals surface area contributed by atoms with Gasteiger partial charge in [-0.05, 0) is 30.2 Å². The van der Waals surface area contributed by atoms with Crippen LogP contribution in [-0.4, -0.2) is 10.0 Å². The van der Waals surface area contributed by atoms with Crippen molar-refractivity contribution in [1.29, 1.82) is 0 Å². The Bertz CT molecular complexity index is 643. The molecule has 5 nitrogen and oxygen atoms in total. The van der Waals surface area contributed by atoms with Crippen molar-refractivity contribution in [3.8, 4) is 11.5 Å². The monoisotopic (exact) mass is 291 g/mol. The van der Waals surface area contributed by atoms with Gasteiger partial charge in [-0.2, -0.15) is 4.39 Å². The molecule has 2 aromatic rings. The molecular weight excluding hydrogens is 277 g/mol. The predicted molar refractivity (Wildman–Crippen MR) is 74.8 cm³/mol. The van der Waals surface area contributed by atoms with Gasteiger partial charge in [0.15, 0.2) is 0 Å². The maximum Gasteiger partial charge on any atom is 0.305 e. The van der Waals surface area contributed by atoms with Crippen LogP contribution in [0.3, 0.4) is 0 Å². The van der Waals surface area contributed by atoms with Gasteiger partial charge in [-0.15, -0.1) is 0 Å². The molecular formula is C15H14FNO4. The largest absolute Gasteiger partial charge is 0.457 e. The first kappa shape index (κ1) is 14.9. The highest BCUT2D eigenvalue weighted by atomic mass is 19.1. The summed E-state index contributed by atoms with van der Waals surface area (Å²) >= 11 is 0. The number of nitrogens with zero attached hydrogens (tertiary/aromatic N) is 1. The SMILES string of the molecule is CC[C@@H](O)c1ccc(Oc2ccc([N+](=O)[O-])c(F)c2)cc1. The molecule has 0 heterocycles. The molecule has 0 bridgehead atoms. The smallest absolute Gasteiger partial charge is 0.305 e. The number of nitro benzene ring substituents is 1. The average molecular weight is 291 g/mol. The Hall–Kier alpha value is -2.47. The third-order valence-corrected chi connectivity index (χ3v) is 3.00. The van der Waals surface area contributed by atoms with Gasteiger partial charge < -0.3 is 9.84 Å². The van der Waals surface area contributed by atoms with Crippen molar-refractivity contribution < 1.29 is 19.2 Å². The molecule has 6 heteroatoms. The van der Waals surface area contributed by atoms with E-state index in [1.54, 1.807) is 24.3 Å². The summed E-state index contributed by atoms with van der Waals surface area (Å²) in [6.07, 6.45) is 0.0733. The summed E-state index contributed by atoms with van der Waals surface area (Å²) in [5, 5.41) is 20.2. The van der Waals surface area contributed by atoms with Gasteiger partial charge in [-0.3, -0.25) is 10.1 Å². The normalized spacial score (nSPS) is 12.0. The number of benzene rings is 2. The number of hydrogen-bond donors (Lipinski definition) is 1. The number of ether oxygens (including phenoxy) is 1. The van der Waals surface area contributed by atoms with Crippen molar-refractivity contribution >= 4 is 5.69 Å². The van der Waals surface area contributed by atoms with Crippen LogP contribution in [-0.2, 0) is 0 Å². The van der Waals surface area contributed by atoms with E-state index in [1.165, 1.54) is 6.07 Å². The van der Waals surface area contributed by atoms with Gasteiger partial charge in [0.1, 0.15) is 11.5 Å². The molecule has 1 atom stereocenters. The highest BCUT2D eigenvalue weighted by Crippen LogP contribution is 2.27. The lowest BCUT2D eigenvalue weighted by atomic mass is 10.1. The molecule has 0 aliphatic heterocycles. The maximum atomic E-state index is 13.5. The lowest BCUT2D eigenvalue weighted by Crippen LogP contribution is -1.95. The molecule has 110 valence electrons. The minimum atomic E-state index is -0.949. The van der Waals surface area contributed by atoms with E-state index in [0.717, 1.165) is 17.7 Å². The minimum absolute atomic E-state index is 0.168. The van der Waals surface area contributed by atoms with Crippen molar-refractivity contribution in [3.63, 3.8) is 0 Å². The molecule has 0 fully saturated rings. The van der Waals surface area contributed by atoms with Crippen molar-refractivity contribution in [3.05, 3.63) is 64.0 Å². The van der Waals surface area contributed by atoms with Crippen LogP contribution in [0.4, 0.5) is 10.1 Å². The van der Waals surface area contributed by atoms with Crippen LogP contribution in [0.2, 0.25) is 0 Å². The second kappa shape index (κ2) is 6.32. The Balaban J connectivity index is 2.15. The zero-order valence-electron chi connectivity index (χ0n) is 11.3. The summed E-state index contributed by atoms with van der Waals surface area (Å²) in [6, 6.07) is 10.1. The second-order valence-electron chi connectivity index (χ2n) is 4.47. The fourth-order valence-electron chi connectivity index (χ4n) is 1.83. The van der Waals surface area contributed by atoms with Gasteiger partial charge in [0.05, 0.1) is 11.0 Å². The number of hydrogen-bond acceptors (Lipinski definition) is 4. The summed E-state index contributed by atoms with van der Waals surface area (Å²) in [5.74, 6) is -0.326. The van der Waals surface area contributed by atoms with Crippen LogP contribution in [0.1, 0.15) is 25.0 Å². The molecule has 0 aromatic heterocycles. The molecule has 1 N–H and O–H groups in total. The number of aliphatic hydroxyl groups is 1. The van der Waals surface area contributed by atoms with E-state index in [2.05, 4.69) is 0 Å². The molecule has 0 saturated carbocycles. The number of rotatable bonds is 5. The summed E-state index contributed by atoms with van der Waals surface area (Å²) in [5.41, 5.74) is 0.170. The van der Waals surface area contributed by atoms with E-state index in [0.29, 0.717) is 12.2 Å². The Morgan fingerprint density at radius 1 is 1.24 bits per heavy atom. The Morgan fingerprint density at radius 3 is 2.38 bits per heavy atom. The fourth-order valence-corrected chi connectivity index (χ4v) is 1.83. The zero-order valence-corrected chi connectivity index (χ0v) is 11.3. The van der Waals surface area contributed by atoms with E-state index in [9.17, 15) is 19.6 Å². The molecule has 0 radical (unpaired) electrons. The predicted octanol–water partition coefficient (Wildman–Crippen LogP) is 3.97. The molecule has 0 unspecified atom stereocenters. The standard InChI is InChI=1S/C15H14FNO4/c1-2-15(18)10-3-5-11(6-4-10)21-12-7-8-14(17(19)20)13(16)9-12/h3-9,15,18H,2H2,1H3/t15-/m1/s1. The van der Waals surface area contributed by atoms with Crippen LogP contribution in [0.15, 0.2) is 42.5 Å². The molecule has 0 aliphatic rings. The fraction of sp³-hybridized carbons (Fsp3) is 0.200. The molecule has 0 aliphatic carbocycles. The van der Waals surface area contributed by atoms with Gasteiger partial charge in [-0.1, -0.05) is 19.1 Å². The first-order chi connectivity index (χ1) is 10.0. The molecule has 0 saturated heterocycles. The molecule has 21 heavy (non-hydrogen) atoms. The Labute approximate surface area is 120 Å². The Morgan fingerprint density at radius 2 is 1.86 bits per heavy atom. The van der Waals surface area contributed by atoms with Crippen LogP contribution in [0.25, 0.3) is 0 Å². The van der Waals surface area contributed by atoms with Crippen molar-refractivity contribution in [1.82, 2.24) is 0 Å². The zero-order chi connectivity index (χ0) is 15.4. The lowest BCUT2D eigenvalue weighted by Gasteiger charge is -2.10. The summed E-state index contributed by atoms with van der Waals surface area (Å²) in [4.78, 5) is 9.73. The van der Waals surface area contributed by atoms with E-state index in [-0.39, 0.29) is 5.75 Å². The third kappa shape index (κ3) is 3.55. The summed E-state index contributed by atoms with van der Waals surface area (Å²) in [6.45, 7) is 1.87. The molecule has 2 aromatic carbocycles. The average Bonchev–Trinajstić information content (AvgIpc) is 2.47. The van der Waals surface area contributed by atoms with E-state index in [1.807, 2.05) is 6.92 Å². The highest BCUT2D eigenvalue weighted by molar-refractivity contribution is 5.40. The van der Waals surface area contributed by atoms with E-state index in [4.69, 9.17) is 4.74 Å². The summed E-state index contributed by atoms with van der Waals surface area (Å²) in [7, 11) is 0. The van der Waals surface area contributed by atoms with Crippen LogP contribution in [0, 0.1) is 15.9 Å². The van der Waals surface area contributed by atoms with E-state index >= 15 is 0 Å². The number of nitro groups is 1. The topological polar surface area (TPSA) is 72.6 Å². The first-order valence-corrected chi connectivity index (χ1v) is 6.41. The van der Waals surface area contributed by atoms with Crippen LogP contribution >= 0.6 is 0 Å². The van der Waals surface area contributed by atoms with Crippen molar-refractivity contribution in [2.75, 3.05) is 0 Å².